The monoisotopic (exact) mass is 251 g/mol. The Bertz CT molecular complexity index is 400. The van der Waals surface area contributed by atoms with Crippen molar-refractivity contribution in [3.63, 3.8) is 0 Å². The minimum atomic E-state index is 0.0704. The number of nitrogens with zero attached hydrogens (tertiary/aromatic N) is 1. The summed E-state index contributed by atoms with van der Waals surface area (Å²) in [5.41, 5.74) is 0. The summed E-state index contributed by atoms with van der Waals surface area (Å²) in [5, 5.41) is 2.00. The van der Waals surface area contributed by atoms with E-state index in [-0.39, 0.29) is 18.1 Å². The molecule has 0 radical (unpaired) electrons. The molecule has 1 saturated heterocycles. The summed E-state index contributed by atoms with van der Waals surface area (Å²) < 4.78 is 5.50. The molecule has 92 valence electrons. The van der Waals surface area contributed by atoms with E-state index in [1.54, 1.807) is 17.4 Å². The van der Waals surface area contributed by atoms with Gasteiger partial charge in [0.15, 0.2) is 0 Å². The van der Waals surface area contributed by atoms with Crippen LogP contribution in [-0.4, -0.2) is 36.1 Å². The van der Waals surface area contributed by atoms with E-state index < -0.39 is 0 Å². The lowest BCUT2D eigenvalue weighted by Gasteiger charge is -2.36. The first-order valence-corrected chi connectivity index (χ1v) is 6.68. The van der Waals surface area contributed by atoms with Crippen LogP contribution in [0, 0.1) is 0 Å². The number of rotatable bonds is 2. The lowest BCUT2D eigenvalue weighted by molar-refractivity contribution is -0.137. The second kappa shape index (κ2) is 5.47. The fourth-order valence-corrected chi connectivity index (χ4v) is 2.46. The third-order valence-electron chi connectivity index (χ3n) is 2.82. The first-order chi connectivity index (χ1) is 8.16. The number of carbonyl (C=O) groups is 1. The van der Waals surface area contributed by atoms with E-state index in [1.807, 2.05) is 42.3 Å². The second-order valence-electron chi connectivity index (χ2n) is 4.33. The van der Waals surface area contributed by atoms with E-state index in [2.05, 4.69) is 0 Å². The summed E-state index contributed by atoms with van der Waals surface area (Å²) in [4.78, 5) is 15.0. The molecule has 1 aliphatic heterocycles. The molecule has 3 nitrogen and oxygen atoms in total. The maximum absolute atomic E-state index is 12.0. The van der Waals surface area contributed by atoms with Crippen molar-refractivity contribution in [2.45, 2.75) is 26.0 Å². The summed E-state index contributed by atoms with van der Waals surface area (Å²) in [7, 11) is 0. The topological polar surface area (TPSA) is 29.5 Å². The van der Waals surface area contributed by atoms with Crippen LogP contribution >= 0.6 is 11.3 Å². The zero-order chi connectivity index (χ0) is 12.3. The van der Waals surface area contributed by atoms with Gasteiger partial charge in [0.2, 0.25) is 5.91 Å². The Morgan fingerprint density at radius 2 is 2.41 bits per heavy atom. The normalized spacial score (nSPS) is 25.4. The van der Waals surface area contributed by atoms with E-state index in [0.717, 1.165) is 4.88 Å². The molecule has 1 aromatic heterocycles. The molecule has 2 atom stereocenters. The molecule has 0 aromatic carbocycles. The summed E-state index contributed by atoms with van der Waals surface area (Å²) >= 11 is 1.63. The third-order valence-corrected chi connectivity index (χ3v) is 3.66. The van der Waals surface area contributed by atoms with E-state index >= 15 is 0 Å². The maximum atomic E-state index is 12.0. The number of morpholine rings is 1. The van der Waals surface area contributed by atoms with Gasteiger partial charge in [0.05, 0.1) is 18.8 Å². The molecule has 1 aliphatic rings. The smallest absolute Gasteiger partial charge is 0.247 e. The lowest BCUT2D eigenvalue weighted by Crippen LogP contribution is -2.49. The van der Waals surface area contributed by atoms with Gasteiger partial charge < -0.3 is 9.64 Å². The van der Waals surface area contributed by atoms with E-state index in [4.69, 9.17) is 4.74 Å². The van der Waals surface area contributed by atoms with Crippen molar-refractivity contribution in [1.82, 2.24) is 4.90 Å². The van der Waals surface area contributed by atoms with Crippen LogP contribution in [0.25, 0.3) is 6.08 Å². The molecule has 0 bridgehead atoms. The SMILES string of the molecule is CC1CN(C(=O)/C=C/c2cccs2)C(C)CO1. The Balaban J connectivity index is 1.99. The number of ether oxygens (including phenoxy) is 1. The van der Waals surface area contributed by atoms with Gasteiger partial charge in [-0.3, -0.25) is 4.79 Å². The minimum Gasteiger partial charge on any atom is -0.375 e. The molecule has 2 heterocycles. The molecule has 0 N–H and O–H groups in total. The number of hydrogen-bond acceptors (Lipinski definition) is 3. The second-order valence-corrected chi connectivity index (χ2v) is 5.31. The summed E-state index contributed by atoms with van der Waals surface area (Å²) in [6.45, 7) is 5.31. The number of carbonyl (C=O) groups excluding carboxylic acids is 1. The first kappa shape index (κ1) is 12.3. The molecule has 0 spiro atoms. The van der Waals surface area contributed by atoms with Crippen LogP contribution in [0.3, 0.4) is 0 Å². The van der Waals surface area contributed by atoms with Crippen LogP contribution < -0.4 is 0 Å². The molecule has 1 fully saturated rings. The molecule has 2 rings (SSSR count). The Morgan fingerprint density at radius 1 is 1.59 bits per heavy atom. The van der Waals surface area contributed by atoms with Crippen LogP contribution in [0.5, 0.6) is 0 Å². The lowest BCUT2D eigenvalue weighted by atomic mass is 10.2. The molecular weight excluding hydrogens is 234 g/mol. The van der Waals surface area contributed by atoms with Crippen molar-refractivity contribution in [2.24, 2.45) is 0 Å². The van der Waals surface area contributed by atoms with Crippen molar-refractivity contribution < 1.29 is 9.53 Å². The van der Waals surface area contributed by atoms with Crippen LogP contribution in [0.4, 0.5) is 0 Å². The highest BCUT2D eigenvalue weighted by Crippen LogP contribution is 2.14. The van der Waals surface area contributed by atoms with Gasteiger partial charge in [-0.1, -0.05) is 6.07 Å². The fraction of sp³-hybridized carbons (Fsp3) is 0.462. The Morgan fingerprint density at radius 3 is 3.12 bits per heavy atom. The van der Waals surface area contributed by atoms with Crippen LogP contribution in [0.15, 0.2) is 23.6 Å². The average Bonchev–Trinajstić information content (AvgIpc) is 2.82. The van der Waals surface area contributed by atoms with Crippen LogP contribution in [0.1, 0.15) is 18.7 Å². The zero-order valence-electron chi connectivity index (χ0n) is 10.1. The Labute approximate surface area is 106 Å². The molecule has 17 heavy (non-hydrogen) atoms. The molecule has 2 unspecified atom stereocenters. The average molecular weight is 251 g/mol. The number of hydrogen-bond donors (Lipinski definition) is 0. The van der Waals surface area contributed by atoms with Crippen molar-refractivity contribution in [3.8, 4) is 0 Å². The van der Waals surface area contributed by atoms with Gasteiger partial charge in [-0.2, -0.15) is 0 Å². The standard InChI is InChI=1S/C13H17NO2S/c1-10-9-16-11(2)8-14(10)13(15)6-5-12-4-3-7-17-12/h3-7,10-11H,8-9H2,1-2H3/b6-5+. The first-order valence-electron chi connectivity index (χ1n) is 5.80. The van der Waals surface area contributed by atoms with Gasteiger partial charge in [-0.25, -0.2) is 0 Å². The van der Waals surface area contributed by atoms with Crippen molar-refractivity contribution in [1.29, 1.82) is 0 Å². The summed E-state index contributed by atoms with van der Waals surface area (Å²) in [6, 6.07) is 4.14. The van der Waals surface area contributed by atoms with E-state index in [0.29, 0.717) is 13.2 Å². The quantitative estimate of drug-likeness (QED) is 0.755. The third kappa shape index (κ3) is 3.17. The van der Waals surface area contributed by atoms with Gasteiger partial charge in [0.1, 0.15) is 0 Å². The molecule has 0 saturated carbocycles. The number of thiophene rings is 1. The number of amides is 1. The van der Waals surface area contributed by atoms with Gasteiger partial charge in [0, 0.05) is 17.5 Å². The van der Waals surface area contributed by atoms with Crippen LogP contribution in [-0.2, 0) is 9.53 Å². The van der Waals surface area contributed by atoms with Gasteiger partial charge in [-0.05, 0) is 31.4 Å². The van der Waals surface area contributed by atoms with Crippen molar-refractivity contribution in [2.75, 3.05) is 13.2 Å². The highest BCUT2D eigenvalue weighted by Gasteiger charge is 2.25. The minimum absolute atomic E-state index is 0.0704. The van der Waals surface area contributed by atoms with Crippen LogP contribution in [0.2, 0.25) is 0 Å². The molecule has 4 heteroatoms. The van der Waals surface area contributed by atoms with Crippen molar-refractivity contribution >= 4 is 23.3 Å². The molecule has 1 amide bonds. The summed E-state index contributed by atoms with van der Waals surface area (Å²) in [6.07, 6.45) is 3.66. The van der Waals surface area contributed by atoms with E-state index in [9.17, 15) is 4.79 Å². The maximum Gasteiger partial charge on any atom is 0.247 e. The molecular formula is C13H17NO2S. The largest absolute Gasteiger partial charge is 0.375 e. The Kier molecular flexibility index (Phi) is 3.97. The zero-order valence-corrected chi connectivity index (χ0v) is 10.9. The predicted molar refractivity (Wildman–Crippen MR) is 69.9 cm³/mol. The predicted octanol–water partition coefficient (Wildman–Crippen LogP) is 2.40. The van der Waals surface area contributed by atoms with Gasteiger partial charge >= 0.3 is 0 Å². The molecule has 1 aromatic rings. The van der Waals surface area contributed by atoms with E-state index in [1.165, 1.54) is 0 Å². The highest BCUT2D eigenvalue weighted by atomic mass is 32.1. The van der Waals surface area contributed by atoms with Gasteiger partial charge in [0.25, 0.3) is 0 Å². The summed E-state index contributed by atoms with van der Waals surface area (Å²) in [5.74, 6) is 0.0704. The highest BCUT2D eigenvalue weighted by molar-refractivity contribution is 7.10. The molecule has 0 aliphatic carbocycles. The fourth-order valence-electron chi connectivity index (χ4n) is 1.85. The van der Waals surface area contributed by atoms with Crippen molar-refractivity contribution in [3.05, 3.63) is 28.5 Å². The van der Waals surface area contributed by atoms with Gasteiger partial charge in [-0.15, -0.1) is 11.3 Å². The Hall–Kier alpha value is -1.13.